The topological polar surface area (TPSA) is 130 Å². The van der Waals surface area contributed by atoms with E-state index in [2.05, 4.69) is 36.1 Å². The van der Waals surface area contributed by atoms with Crippen LogP contribution in [0.1, 0.15) is 5.69 Å². The predicted molar refractivity (Wildman–Crippen MR) is 115 cm³/mol. The lowest BCUT2D eigenvalue weighted by Gasteiger charge is -2.24. The van der Waals surface area contributed by atoms with Gasteiger partial charge in [0.15, 0.2) is 11.5 Å². The minimum atomic E-state index is 0.0615. The molecular formula is C21H22N8O2. The molecule has 10 nitrogen and oxygen atoms in total. The van der Waals surface area contributed by atoms with Crippen LogP contribution >= 0.6 is 0 Å². The third-order valence-electron chi connectivity index (χ3n) is 4.70. The summed E-state index contributed by atoms with van der Waals surface area (Å²) < 4.78 is 11.0. The van der Waals surface area contributed by atoms with Gasteiger partial charge in [0.25, 0.3) is 0 Å². The first-order valence-corrected chi connectivity index (χ1v) is 9.82. The molecule has 4 rings (SSSR count). The van der Waals surface area contributed by atoms with E-state index in [0.29, 0.717) is 30.5 Å². The molecule has 1 saturated heterocycles. The first-order valence-electron chi connectivity index (χ1n) is 9.82. The monoisotopic (exact) mass is 418 g/mol. The zero-order valence-electron chi connectivity index (χ0n) is 17.0. The minimum Gasteiger partial charge on any atom is -0.497 e. The first kappa shape index (κ1) is 20.5. The van der Waals surface area contributed by atoms with E-state index in [9.17, 15) is 0 Å². The third kappa shape index (κ3) is 5.22. The highest BCUT2D eigenvalue weighted by atomic mass is 16.5. The Morgan fingerprint density at radius 1 is 1.19 bits per heavy atom. The van der Waals surface area contributed by atoms with Crippen molar-refractivity contribution < 1.29 is 9.47 Å². The first-order chi connectivity index (χ1) is 15.2. The molecule has 2 aromatic heterocycles. The van der Waals surface area contributed by atoms with Gasteiger partial charge >= 0.3 is 0 Å². The van der Waals surface area contributed by atoms with Crippen LogP contribution in [-0.4, -0.2) is 59.6 Å². The number of rotatable bonds is 7. The number of hydrogen-bond acceptors (Lipinski definition) is 10. The number of nitriles is 1. The number of aromatic nitrogens is 4. The second-order valence-electron chi connectivity index (χ2n) is 6.82. The van der Waals surface area contributed by atoms with Gasteiger partial charge in [-0.3, -0.25) is 0 Å². The molecule has 1 aromatic carbocycles. The fourth-order valence-corrected chi connectivity index (χ4v) is 3.11. The Bertz CT molecular complexity index is 1040. The molecule has 1 atom stereocenters. The molecule has 1 aliphatic heterocycles. The number of morpholine rings is 1. The molecule has 1 unspecified atom stereocenters. The fourth-order valence-electron chi connectivity index (χ4n) is 3.11. The Labute approximate surface area is 179 Å². The molecule has 10 heteroatoms. The molecule has 3 N–H and O–H groups in total. The van der Waals surface area contributed by atoms with Crippen LogP contribution in [0, 0.1) is 11.3 Å². The summed E-state index contributed by atoms with van der Waals surface area (Å²) >= 11 is 0. The Hall–Kier alpha value is -3.81. The summed E-state index contributed by atoms with van der Waals surface area (Å²) in [6, 6.07) is 11.4. The van der Waals surface area contributed by atoms with Crippen molar-refractivity contribution in [3.63, 3.8) is 0 Å². The van der Waals surface area contributed by atoms with Gasteiger partial charge in [0.05, 0.1) is 37.9 Å². The predicted octanol–water partition coefficient (Wildman–Crippen LogP) is 1.96. The highest BCUT2D eigenvalue weighted by Gasteiger charge is 2.16. The number of nitrogens with one attached hydrogen (secondary N) is 3. The van der Waals surface area contributed by atoms with E-state index in [-0.39, 0.29) is 11.8 Å². The van der Waals surface area contributed by atoms with Crippen LogP contribution in [-0.2, 0) is 4.74 Å². The van der Waals surface area contributed by atoms with Crippen LogP contribution in [0.2, 0.25) is 0 Å². The van der Waals surface area contributed by atoms with Gasteiger partial charge in [0.1, 0.15) is 23.3 Å². The van der Waals surface area contributed by atoms with Crippen molar-refractivity contribution in [1.29, 1.82) is 5.26 Å². The standard InChI is InChI=1S/C21H22N8O2/c1-30-16-4-2-14(3-5-16)21-18(25-12-17-11-23-6-7-31-17)8-19(28-29-21)27-20-13-24-15(9-22)10-26-20/h2-5,8,10,13,17,23H,6-7,11-12H2,1H3,(H2,25,26,27,28). The number of benzene rings is 1. The zero-order chi connectivity index (χ0) is 21.5. The number of hydrogen-bond donors (Lipinski definition) is 3. The molecular weight excluding hydrogens is 396 g/mol. The van der Waals surface area contributed by atoms with Crippen LogP contribution in [0.4, 0.5) is 17.3 Å². The quantitative estimate of drug-likeness (QED) is 0.523. The molecule has 158 valence electrons. The summed E-state index contributed by atoms with van der Waals surface area (Å²) in [5.74, 6) is 1.74. The molecule has 0 aliphatic carbocycles. The average Bonchev–Trinajstić information content (AvgIpc) is 2.84. The van der Waals surface area contributed by atoms with Crippen molar-refractivity contribution in [3.05, 3.63) is 48.4 Å². The molecule has 0 amide bonds. The summed E-state index contributed by atoms with van der Waals surface area (Å²) in [5.41, 5.74) is 2.67. The summed E-state index contributed by atoms with van der Waals surface area (Å²) in [6.45, 7) is 2.97. The van der Waals surface area contributed by atoms with Gasteiger partial charge in [-0.25, -0.2) is 9.97 Å². The van der Waals surface area contributed by atoms with Crippen molar-refractivity contribution >= 4 is 17.3 Å². The lowest BCUT2D eigenvalue weighted by Crippen LogP contribution is -2.42. The lowest BCUT2D eigenvalue weighted by atomic mass is 10.1. The van der Waals surface area contributed by atoms with E-state index < -0.39 is 0 Å². The summed E-state index contributed by atoms with van der Waals surface area (Å²) in [6.07, 6.45) is 2.94. The second kappa shape index (κ2) is 9.80. The van der Waals surface area contributed by atoms with Gasteiger partial charge in [-0.2, -0.15) is 5.26 Å². The summed E-state index contributed by atoms with van der Waals surface area (Å²) in [7, 11) is 1.63. The van der Waals surface area contributed by atoms with Crippen molar-refractivity contribution in [2.24, 2.45) is 0 Å². The van der Waals surface area contributed by atoms with Crippen LogP contribution in [0.3, 0.4) is 0 Å². The summed E-state index contributed by atoms with van der Waals surface area (Å²) in [4.78, 5) is 8.18. The van der Waals surface area contributed by atoms with Gasteiger partial charge in [0.2, 0.25) is 0 Å². The smallest absolute Gasteiger partial charge is 0.158 e. The molecule has 31 heavy (non-hydrogen) atoms. The number of ether oxygens (including phenoxy) is 2. The van der Waals surface area contributed by atoms with Crippen LogP contribution in [0.15, 0.2) is 42.7 Å². The van der Waals surface area contributed by atoms with Crippen LogP contribution in [0.5, 0.6) is 5.75 Å². The van der Waals surface area contributed by atoms with E-state index in [4.69, 9.17) is 14.7 Å². The van der Waals surface area contributed by atoms with E-state index in [0.717, 1.165) is 30.1 Å². The fraction of sp³-hybridized carbons (Fsp3) is 0.286. The minimum absolute atomic E-state index is 0.0615. The maximum Gasteiger partial charge on any atom is 0.158 e. The van der Waals surface area contributed by atoms with Crippen molar-refractivity contribution in [2.75, 3.05) is 44.0 Å². The zero-order valence-corrected chi connectivity index (χ0v) is 17.0. The van der Waals surface area contributed by atoms with Crippen molar-refractivity contribution in [2.45, 2.75) is 6.10 Å². The number of methoxy groups -OCH3 is 1. The molecule has 3 heterocycles. The summed E-state index contributed by atoms with van der Waals surface area (Å²) in [5, 5.41) is 27.4. The molecule has 0 bridgehead atoms. The number of nitrogens with zero attached hydrogens (tertiary/aromatic N) is 5. The Morgan fingerprint density at radius 2 is 2.06 bits per heavy atom. The third-order valence-corrected chi connectivity index (χ3v) is 4.70. The molecule has 1 aliphatic rings. The average molecular weight is 418 g/mol. The largest absolute Gasteiger partial charge is 0.497 e. The van der Waals surface area contributed by atoms with Crippen molar-refractivity contribution in [3.8, 4) is 23.1 Å². The SMILES string of the molecule is COc1ccc(-c2nnc(Nc3cnc(C#N)cn3)cc2NCC2CNCCO2)cc1. The Kier molecular flexibility index (Phi) is 6.47. The van der Waals surface area contributed by atoms with Gasteiger partial charge in [-0.15, -0.1) is 10.2 Å². The molecule has 3 aromatic rings. The van der Waals surface area contributed by atoms with Gasteiger partial charge in [-0.1, -0.05) is 0 Å². The molecule has 0 radical (unpaired) electrons. The Morgan fingerprint density at radius 3 is 2.74 bits per heavy atom. The maximum atomic E-state index is 8.87. The van der Waals surface area contributed by atoms with E-state index >= 15 is 0 Å². The van der Waals surface area contributed by atoms with E-state index in [1.54, 1.807) is 7.11 Å². The molecule has 0 saturated carbocycles. The lowest BCUT2D eigenvalue weighted by molar-refractivity contribution is 0.0372. The van der Waals surface area contributed by atoms with E-state index in [1.165, 1.54) is 12.4 Å². The van der Waals surface area contributed by atoms with Crippen LogP contribution in [0.25, 0.3) is 11.3 Å². The van der Waals surface area contributed by atoms with Crippen molar-refractivity contribution in [1.82, 2.24) is 25.5 Å². The van der Waals surface area contributed by atoms with Gasteiger partial charge in [-0.05, 0) is 24.3 Å². The molecule has 0 spiro atoms. The highest BCUT2D eigenvalue weighted by Crippen LogP contribution is 2.29. The molecule has 1 fully saturated rings. The normalized spacial score (nSPS) is 15.7. The Balaban J connectivity index is 1.58. The van der Waals surface area contributed by atoms with Crippen LogP contribution < -0.4 is 20.7 Å². The second-order valence-corrected chi connectivity index (χ2v) is 6.82. The number of anilines is 3. The van der Waals surface area contributed by atoms with Gasteiger partial charge < -0.3 is 25.4 Å². The van der Waals surface area contributed by atoms with E-state index in [1.807, 2.05) is 36.4 Å². The van der Waals surface area contributed by atoms with Gasteiger partial charge in [0, 0.05) is 31.3 Å². The highest BCUT2D eigenvalue weighted by molar-refractivity contribution is 5.76. The maximum absolute atomic E-state index is 8.87.